The molecule has 154 valence electrons. The summed E-state index contributed by atoms with van der Waals surface area (Å²) in [4.78, 5) is 21.1. The predicted molar refractivity (Wildman–Crippen MR) is 117 cm³/mol. The van der Waals surface area contributed by atoms with Gasteiger partial charge in [0.05, 0.1) is 35.8 Å². The van der Waals surface area contributed by atoms with E-state index < -0.39 is 11.9 Å². The van der Waals surface area contributed by atoms with Crippen LogP contribution in [-0.2, 0) is 9.53 Å². The maximum Gasteiger partial charge on any atom is 0.329 e. The number of fused-ring (bicyclic) bond motifs is 1. The minimum Gasteiger partial charge on any atom is -0.468 e. The monoisotopic (exact) mass is 420 g/mol. The van der Waals surface area contributed by atoms with Gasteiger partial charge in [-0.25, -0.2) is 9.97 Å². The van der Waals surface area contributed by atoms with E-state index in [1.54, 1.807) is 42.5 Å². The van der Waals surface area contributed by atoms with E-state index in [-0.39, 0.29) is 11.6 Å². The van der Waals surface area contributed by atoms with Gasteiger partial charge in [0.15, 0.2) is 5.92 Å². The third-order valence-corrected chi connectivity index (χ3v) is 4.82. The molecule has 0 bridgehead atoms. The Labute approximate surface area is 184 Å². The van der Waals surface area contributed by atoms with Gasteiger partial charge in [0, 0.05) is 0 Å². The number of rotatable bonds is 5. The highest BCUT2D eigenvalue weighted by molar-refractivity contribution is 5.83. The molecule has 1 aromatic heterocycles. The Kier molecular flexibility index (Phi) is 5.74. The Hall–Kier alpha value is -4.75. The van der Waals surface area contributed by atoms with Crippen molar-refractivity contribution in [3.05, 3.63) is 84.1 Å². The molecule has 4 rings (SSSR count). The molecule has 7 heteroatoms. The van der Waals surface area contributed by atoms with Crippen molar-refractivity contribution < 1.29 is 14.3 Å². The van der Waals surface area contributed by atoms with E-state index in [4.69, 9.17) is 14.7 Å². The first kappa shape index (κ1) is 20.5. The van der Waals surface area contributed by atoms with Crippen molar-refractivity contribution in [3.63, 3.8) is 0 Å². The van der Waals surface area contributed by atoms with Crippen molar-refractivity contribution in [1.29, 1.82) is 10.5 Å². The highest BCUT2D eigenvalue weighted by Crippen LogP contribution is 2.31. The fraction of sp³-hybridized carbons (Fsp3) is 0.0800. The lowest BCUT2D eigenvalue weighted by Crippen LogP contribution is -2.15. The maximum absolute atomic E-state index is 12.1. The molecule has 7 nitrogen and oxygen atoms in total. The molecule has 0 aliphatic carbocycles. The van der Waals surface area contributed by atoms with Crippen molar-refractivity contribution >= 4 is 17.0 Å². The molecule has 0 amide bonds. The lowest BCUT2D eigenvalue weighted by molar-refractivity contribution is -0.141. The number of carbonyl (C=O) groups excluding carboxylic acids is 1. The van der Waals surface area contributed by atoms with E-state index in [1.807, 2.05) is 36.4 Å². The van der Waals surface area contributed by atoms with Gasteiger partial charge in [0.1, 0.15) is 11.4 Å². The largest absolute Gasteiger partial charge is 0.468 e. The van der Waals surface area contributed by atoms with Crippen LogP contribution in [0.1, 0.15) is 17.2 Å². The summed E-state index contributed by atoms with van der Waals surface area (Å²) < 4.78 is 10.7. The van der Waals surface area contributed by atoms with Gasteiger partial charge >= 0.3 is 5.97 Å². The van der Waals surface area contributed by atoms with Gasteiger partial charge in [0.2, 0.25) is 5.88 Å². The molecule has 1 unspecified atom stereocenters. The topological polar surface area (TPSA) is 109 Å². The van der Waals surface area contributed by atoms with Gasteiger partial charge in [-0.15, -0.1) is 0 Å². The summed E-state index contributed by atoms with van der Waals surface area (Å²) >= 11 is 0. The fourth-order valence-corrected chi connectivity index (χ4v) is 3.17. The van der Waals surface area contributed by atoms with E-state index in [9.17, 15) is 10.1 Å². The average Bonchev–Trinajstić information content (AvgIpc) is 2.85. The van der Waals surface area contributed by atoms with Crippen molar-refractivity contribution in [2.45, 2.75) is 5.92 Å². The summed E-state index contributed by atoms with van der Waals surface area (Å²) in [6.45, 7) is 0. The molecule has 32 heavy (non-hydrogen) atoms. The first-order valence-corrected chi connectivity index (χ1v) is 9.65. The smallest absolute Gasteiger partial charge is 0.329 e. The van der Waals surface area contributed by atoms with Crippen LogP contribution in [0.25, 0.3) is 22.2 Å². The standard InChI is InChI=1S/C25H16N4O3/c1-31-25(30)20(15-27)23-24(29-22-5-3-2-4-21(22)28-23)32-19-12-10-18(11-13-19)17-8-6-16(14-26)7-9-17/h2-13,20H,1H3. The van der Waals surface area contributed by atoms with Crippen LogP contribution >= 0.6 is 0 Å². The van der Waals surface area contributed by atoms with Crippen LogP contribution in [0.15, 0.2) is 72.8 Å². The van der Waals surface area contributed by atoms with Crippen LogP contribution in [0.4, 0.5) is 0 Å². The Morgan fingerprint density at radius 2 is 1.47 bits per heavy atom. The molecule has 1 atom stereocenters. The Bertz CT molecular complexity index is 1370. The molecule has 4 aromatic rings. The number of para-hydroxylation sites is 2. The van der Waals surface area contributed by atoms with Crippen LogP contribution in [0.5, 0.6) is 11.6 Å². The molecule has 3 aromatic carbocycles. The number of carbonyl (C=O) groups is 1. The third-order valence-electron chi connectivity index (χ3n) is 4.82. The number of nitrogens with zero attached hydrogens (tertiary/aromatic N) is 4. The van der Waals surface area contributed by atoms with E-state index in [0.717, 1.165) is 11.1 Å². The number of nitriles is 2. The van der Waals surface area contributed by atoms with E-state index in [1.165, 1.54) is 7.11 Å². The summed E-state index contributed by atoms with van der Waals surface area (Å²) in [5, 5.41) is 18.5. The van der Waals surface area contributed by atoms with Crippen LogP contribution in [0.3, 0.4) is 0 Å². The number of benzene rings is 3. The van der Waals surface area contributed by atoms with E-state index in [0.29, 0.717) is 22.3 Å². The SMILES string of the molecule is COC(=O)C(C#N)c1nc2ccccc2nc1Oc1ccc(-c2ccc(C#N)cc2)cc1. The summed E-state index contributed by atoms with van der Waals surface area (Å²) in [7, 11) is 1.21. The van der Waals surface area contributed by atoms with Crippen LogP contribution < -0.4 is 4.74 Å². The predicted octanol–water partition coefficient (Wildman–Crippen LogP) is 4.74. The number of esters is 1. The van der Waals surface area contributed by atoms with Gasteiger partial charge in [0.25, 0.3) is 0 Å². The number of aromatic nitrogens is 2. The lowest BCUT2D eigenvalue weighted by atomic mass is 10.0. The highest BCUT2D eigenvalue weighted by atomic mass is 16.5. The minimum atomic E-state index is -1.27. The molecular weight excluding hydrogens is 404 g/mol. The first-order chi connectivity index (χ1) is 15.6. The second-order valence-corrected chi connectivity index (χ2v) is 6.80. The molecule has 0 radical (unpaired) electrons. The third kappa shape index (κ3) is 4.09. The van der Waals surface area contributed by atoms with Gasteiger partial charge in [-0.3, -0.25) is 4.79 Å². The molecule has 0 aliphatic heterocycles. The van der Waals surface area contributed by atoms with Crippen LogP contribution in [0.2, 0.25) is 0 Å². The van der Waals surface area contributed by atoms with Crippen molar-refractivity contribution in [3.8, 4) is 34.9 Å². The second kappa shape index (κ2) is 8.95. The van der Waals surface area contributed by atoms with Gasteiger partial charge in [-0.2, -0.15) is 10.5 Å². The molecule has 0 fully saturated rings. The Morgan fingerprint density at radius 3 is 2.03 bits per heavy atom. The summed E-state index contributed by atoms with van der Waals surface area (Å²) in [5.41, 5.74) is 3.69. The number of hydrogen-bond acceptors (Lipinski definition) is 7. The molecule has 0 aliphatic rings. The molecule has 1 heterocycles. The number of ether oxygens (including phenoxy) is 2. The summed E-state index contributed by atoms with van der Waals surface area (Å²) in [5.74, 6) is -1.48. The second-order valence-electron chi connectivity index (χ2n) is 6.80. The fourth-order valence-electron chi connectivity index (χ4n) is 3.17. The van der Waals surface area contributed by atoms with Gasteiger partial charge < -0.3 is 9.47 Å². The molecule has 0 saturated heterocycles. The highest BCUT2D eigenvalue weighted by Gasteiger charge is 2.28. The van der Waals surface area contributed by atoms with Crippen molar-refractivity contribution in [1.82, 2.24) is 9.97 Å². The van der Waals surface area contributed by atoms with E-state index in [2.05, 4.69) is 16.0 Å². The average molecular weight is 420 g/mol. The molecule has 0 spiro atoms. The molecule has 0 saturated carbocycles. The zero-order valence-corrected chi connectivity index (χ0v) is 17.0. The summed E-state index contributed by atoms with van der Waals surface area (Å²) in [6, 6.07) is 25.6. The van der Waals surface area contributed by atoms with Gasteiger partial charge in [-0.05, 0) is 47.5 Å². The number of hydrogen-bond donors (Lipinski definition) is 0. The van der Waals surface area contributed by atoms with E-state index >= 15 is 0 Å². The van der Waals surface area contributed by atoms with Crippen LogP contribution in [-0.4, -0.2) is 23.0 Å². The zero-order valence-electron chi connectivity index (χ0n) is 17.0. The normalized spacial score (nSPS) is 11.2. The molecular formula is C25H16N4O3. The summed E-state index contributed by atoms with van der Waals surface area (Å²) in [6.07, 6.45) is 0. The quantitative estimate of drug-likeness (QED) is 0.429. The van der Waals surface area contributed by atoms with Crippen LogP contribution in [0, 0.1) is 22.7 Å². The maximum atomic E-state index is 12.1. The Balaban J connectivity index is 1.70. The molecule has 0 N–H and O–H groups in total. The van der Waals surface area contributed by atoms with Gasteiger partial charge in [-0.1, -0.05) is 36.4 Å². The number of methoxy groups -OCH3 is 1. The lowest BCUT2D eigenvalue weighted by Gasteiger charge is -2.13. The first-order valence-electron chi connectivity index (χ1n) is 9.65. The van der Waals surface area contributed by atoms with Crippen molar-refractivity contribution in [2.75, 3.05) is 7.11 Å². The zero-order chi connectivity index (χ0) is 22.5. The minimum absolute atomic E-state index is 0.0618. The van der Waals surface area contributed by atoms with Crippen molar-refractivity contribution in [2.24, 2.45) is 0 Å². The Morgan fingerprint density at radius 1 is 0.875 bits per heavy atom.